The van der Waals surface area contributed by atoms with E-state index < -0.39 is 17.8 Å². The summed E-state index contributed by atoms with van der Waals surface area (Å²) in [5.74, 6) is 0.669. The van der Waals surface area contributed by atoms with E-state index in [1.165, 1.54) is 12.1 Å². The van der Waals surface area contributed by atoms with E-state index in [-0.39, 0.29) is 6.61 Å². The molecule has 164 valence electrons. The Morgan fingerprint density at radius 2 is 1.70 bits per heavy atom. The number of aliphatic hydroxyl groups excluding tert-OH is 1. The first-order valence-electron chi connectivity index (χ1n) is 9.85. The fraction of sp³-hybridized carbons (Fsp3) is 0.455. The molecule has 1 heterocycles. The van der Waals surface area contributed by atoms with Gasteiger partial charge in [0.1, 0.15) is 18.5 Å². The van der Waals surface area contributed by atoms with Crippen molar-refractivity contribution >= 4 is 17.3 Å². The second kappa shape index (κ2) is 9.45. The van der Waals surface area contributed by atoms with E-state index >= 15 is 0 Å². The monoisotopic (exact) mass is 442 g/mol. The van der Waals surface area contributed by atoms with Crippen molar-refractivity contribution in [1.29, 1.82) is 0 Å². The van der Waals surface area contributed by atoms with Crippen LogP contribution in [-0.2, 0) is 6.18 Å². The smallest absolute Gasteiger partial charge is 0.416 e. The lowest BCUT2D eigenvalue weighted by atomic mass is 10.1. The lowest BCUT2D eigenvalue weighted by Crippen LogP contribution is -2.49. The van der Waals surface area contributed by atoms with Crippen LogP contribution in [0.15, 0.2) is 36.4 Å². The third kappa shape index (κ3) is 5.80. The van der Waals surface area contributed by atoms with Gasteiger partial charge in [-0.15, -0.1) is 0 Å². The Balaban J connectivity index is 1.48. The van der Waals surface area contributed by atoms with Gasteiger partial charge in [-0.25, -0.2) is 0 Å². The molecule has 0 radical (unpaired) electrons. The minimum Gasteiger partial charge on any atom is -0.491 e. The second-order valence-electron chi connectivity index (χ2n) is 7.67. The van der Waals surface area contributed by atoms with Gasteiger partial charge in [-0.1, -0.05) is 17.7 Å². The number of aliphatic hydroxyl groups is 1. The molecule has 8 heteroatoms. The number of anilines is 1. The zero-order chi connectivity index (χ0) is 21.9. The molecule has 0 spiro atoms. The van der Waals surface area contributed by atoms with Gasteiger partial charge in [0.25, 0.3) is 0 Å². The van der Waals surface area contributed by atoms with Gasteiger partial charge in [-0.2, -0.15) is 13.2 Å². The van der Waals surface area contributed by atoms with E-state index in [4.69, 9.17) is 16.3 Å². The van der Waals surface area contributed by atoms with E-state index in [1.54, 1.807) is 6.07 Å². The minimum absolute atomic E-state index is 0.161. The summed E-state index contributed by atoms with van der Waals surface area (Å²) in [5.41, 5.74) is 1.78. The Hall–Kier alpha value is -1.96. The van der Waals surface area contributed by atoms with Crippen LogP contribution in [-0.4, -0.2) is 55.4 Å². The van der Waals surface area contributed by atoms with Gasteiger partial charge in [0.2, 0.25) is 0 Å². The summed E-state index contributed by atoms with van der Waals surface area (Å²) in [6, 6.07) is 9.09. The maximum atomic E-state index is 12.9. The van der Waals surface area contributed by atoms with Crippen LogP contribution in [0.5, 0.6) is 5.75 Å². The first-order chi connectivity index (χ1) is 14.1. The number of halogens is 4. The van der Waals surface area contributed by atoms with Crippen LogP contribution in [0.3, 0.4) is 0 Å². The summed E-state index contributed by atoms with van der Waals surface area (Å²) in [6.07, 6.45) is -5.01. The highest BCUT2D eigenvalue weighted by molar-refractivity contribution is 6.32. The van der Waals surface area contributed by atoms with E-state index in [2.05, 4.69) is 4.90 Å². The van der Waals surface area contributed by atoms with Crippen LogP contribution >= 0.6 is 11.6 Å². The predicted molar refractivity (Wildman–Crippen MR) is 113 cm³/mol. The van der Waals surface area contributed by atoms with Gasteiger partial charge >= 0.3 is 6.18 Å². The number of benzene rings is 2. The fourth-order valence-electron chi connectivity index (χ4n) is 3.60. The highest BCUT2D eigenvalue weighted by Gasteiger charge is 2.31. The normalized spacial score (nSPS) is 16.6. The summed E-state index contributed by atoms with van der Waals surface area (Å²) < 4.78 is 44.5. The van der Waals surface area contributed by atoms with Crippen molar-refractivity contribution < 1.29 is 23.0 Å². The van der Waals surface area contributed by atoms with E-state index in [0.717, 1.165) is 17.2 Å². The van der Waals surface area contributed by atoms with Crippen LogP contribution in [0, 0.1) is 13.8 Å². The summed E-state index contributed by atoms with van der Waals surface area (Å²) >= 11 is 6.16. The number of nitrogens with zero attached hydrogens (tertiary/aromatic N) is 2. The van der Waals surface area contributed by atoms with Crippen LogP contribution in [0.4, 0.5) is 18.9 Å². The van der Waals surface area contributed by atoms with Crippen molar-refractivity contribution in [3.05, 3.63) is 58.1 Å². The number of piperazine rings is 1. The standard InChI is InChI=1S/C22H26ClF3N2O2/c1-15-10-20(11-16(2)21(15)23)30-14-19(29)13-27-6-8-28(9-7-27)18-5-3-4-17(12-18)22(24,25)26/h3-5,10-12,19,29H,6-9,13-14H2,1-2H3/t19-/m0/s1. The summed E-state index contributed by atoms with van der Waals surface area (Å²) in [5, 5.41) is 11.0. The third-order valence-corrected chi connectivity index (χ3v) is 5.83. The number of β-amino-alcohol motifs (C(OH)–C–C–N with tert-alkyl or cyclic N) is 1. The molecule has 0 aromatic heterocycles. The summed E-state index contributed by atoms with van der Waals surface area (Å²) in [6.45, 7) is 6.94. The van der Waals surface area contributed by atoms with Gasteiger partial charge < -0.3 is 14.7 Å². The Kier molecular flexibility index (Phi) is 7.16. The lowest BCUT2D eigenvalue weighted by molar-refractivity contribution is -0.137. The average molecular weight is 443 g/mol. The van der Waals surface area contributed by atoms with Crippen molar-refractivity contribution in [2.45, 2.75) is 26.1 Å². The molecule has 1 aliphatic rings. The maximum Gasteiger partial charge on any atom is 0.416 e. The van der Waals surface area contributed by atoms with Gasteiger partial charge in [0, 0.05) is 43.4 Å². The quantitative estimate of drug-likeness (QED) is 0.712. The Labute approximate surface area is 179 Å². The number of rotatable bonds is 6. The van der Waals surface area contributed by atoms with Gasteiger partial charge in [-0.05, 0) is 55.3 Å². The number of hydrogen-bond acceptors (Lipinski definition) is 4. The van der Waals surface area contributed by atoms with E-state index in [9.17, 15) is 18.3 Å². The zero-order valence-corrected chi connectivity index (χ0v) is 17.8. The molecule has 1 fully saturated rings. The molecule has 1 atom stereocenters. The highest BCUT2D eigenvalue weighted by atomic mass is 35.5. The Morgan fingerprint density at radius 1 is 1.07 bits per heavy atom. The fourth-order valence-corrected chi connectivity index (χ4v) is 3.71. The second-order valence-corrected chi connectivity index (χ2v) is 8.05. The first kappa shape index (κ1) is 22.7. The predicted octanol–water partition coefficient (Wildman–Crippen LogP) is 4.54. The minimum atomic E-state index is -4.34. The Bertz CT molecular complexity index is 845. The molecule has 3 rings (SSSR count). The van der Waals surface area contributed by atoms with Gasteiger partial charge in [0.05, 0.1) is 5.56 Å². The molecule has 0 amide bonds. The molecule has 1 aliphatic heterocycles. The zero-order valence-electron chi connectivity index (χ0n) is 17.0. The van der Waals surface area contributed by atoms with Crippen molar-refractivity contribution in [2.75, 3.05) is 44.2 Å². The largest absolute Gasteiger partial charge is 0.491 e. The number of hydrogen-bond donors (Lipinski definition) is 1. The topological polar surface area (TPSA) is 35.9 Å². The van der Waals surface area contributed by atoms with E-state index in [1.807, 2.05) is 30.9 Å². The molecule has 30 heavy (non-hydrogen) atoms. The molecule has 2 aromatic carbocycles. The lowest BCUT2D eigenvalue weighted by Gasteiger charge is -2.37. The molecule has 4 nitrogen and oxygen atoms in total. The molecule has 1 N–H and O–H groups in total. The number of ether oxygens (including phenoxy) is 1. The van der Waals surface area contributed by atoms with E-state index in [0.29, 0.717) is 49.2 Å². The molecule has 2 aromatic rings. The van der Waals surface area contributed by atoms with Crippen LogP contribution < -0.4 is 9.64 Å². The first-order valence-corrected chi connectivity index (χ1v) is 10.2. The summed E-state index contributed by atoms with van der Waals surface area (Å²) in [7, 11) is 0. The SMILES string of the molecule is Cc1cc(OC[C@@H](O)CN2CCN(c3cccc(C(F)(F)F)c3)CC2)cc(C)c1Cl. The molecule has 0 bridgehead atoms. The molecule has 0 unspecified atom stereocenters. The highest BCUT2D eigenvalue weighted by Crippen LogP contribution is 2.32. The number of alkyl halides is 3. The maximum absolute atomic E-state index is 12.9. The van der Waals surface area contributed by atoms with Crippen LogP contribution in [0.1, 0.15) is 16.7 Å². The van der Waals surface area contributed by atoms with Crippen molar-refractivity contribution in [3.8, 4) is 5.75 Å². The van der Waals surface area contributed by atoms with Gasteiger partial charge in [0.15, 0.2) is 0 Å². The summed E-state index contributed by atoms with van der Waals surface area (Å²) in [4.78, 5) is 4.03. The molecular formula is C22H26ClF3N2O2. The third-order valence-electron chi connectivity index (χ3n) is 5.23. The van der Waals surface area contributed by atoms with Crippen molar-refractivity contribution in [2.24, 2.45) is 0 Å². The molecule has 0 aliphatic carbocycles. The average Bonchev–Trinajstić information content (AvgIpc) is 2.70. The van der Waals surface area contributed by atoms with Crippen LogP contribution in [0.25, 0.3) is 0 Å². The van der Waals surface area contributed by atoms with Crippen molar-refractivity contribution in [1.82, 2.24) is 4.90 Å². The molecular weight excluding hydrogens is 417 g/mol. The Morgan fingerprint density at radius 3 is 2.30 bits per heavy atom. The van der Waals surface area contributed by atoms with Crippen molar-refractivity contribution in [3.63, 3.8) is 0 Å². The molecule has 0 saturated carbocycles. The number of aryl methyl sites for hydroxylation is 2. The van der Waals surface area contributed by atoms with Gasteiger partial charge in [-0.3, -0.25) is 4.90 Å². The molecule has 1 saturated heterocycles. The van der Waals surface area contributed by atoms with Crippen LogP contribution in [0.2, 0.25) is 5.02 Å².